The molecule has 2 N–H and O–H groups in total. The van der Waals surface area contributed by atoms with Crippen LogP contribution in [0, 0.1) is 5.92 Å². The molecule has 1 saturated carbocycles. The number of aliphatic imine (C=N–C) groups is 1. The number of likely N-dealkylation sites (tertiary alicyclic amines) is 1. The van der Waals surface area contributed by atoms with Crippen LogP contribution in [-0.4, -0.2) is 42.9 Å². The van der Waals surface area contributed by atoms with Gasteiger partial charge in [0.05, 0.1) is 12.5 Å². The van der Waals surface area contributed by atoms with E-state index in [1.807, 2.05) is 11.0 Å². The van der Waals surface area contributed by atoms with E-state index in [4.69, 9.17) is 4.42 Å². The summed E-state index contributed by atoms with van der Waals surface area (Å²) in [6.07, 6.45) is 10.2. The third-order valence-corrected chi connectivity index (χ3v) is 5.06. The summed E-state index contributed by atoms with van der Waals surface area (Å²) < 4.78 is 5.07. The zero-order valence-corrected chi connectivity index (χ0v) is 17.2. The summed E-state index contributed by atoms with van der Waals surface area (Å²) in [7, 11) is 1.77. The maximum atomic E-state index is 12.6. The molecule has 2 heterocycles. The van der Waals surface area contributed by atoms with Gasteiger partial charge in [-0.3, -0.25) is 9.79 Å². The molecule has 1 atom stereocenters. The summed E-state index contributed by atoms with van der Waals surface area (Å²) in [5.41, 5.74) is 1.08. The number of hydrogen-bond acceptors (Lipinski definition) is 3. The highest BCUT2D eigenvalue weighted by Crippen LogP contribution is 2.26. The zero-order valence-electron chi connectivity index (χ0n) is 14.9. The molecule has 1 aromatic rings. The van der Waals surface area contributed by atoms with Gasteiger partial charge in [-0.15, -0.1) is 24.0 Å². The van der Waals surface area contributed by atoms with Crippen molar-refractivity contribution in [2.75, 3.05) is 20.1 Å². The second-order valence-electron chi connectivity index (χ2n) is 6.81. The lowest BCUT2D eigenvalue weighted by Crippen LogP contribution is -2.45. The molecule has 0 bridgehead atoms. The van der Waals surface area contributed by atoms with Gasteiger partial charge in [-0.1, -0.05) is 19.3 Å². The standard InChI is InChI=1S/C18H28N4O2.HI/c1-19-18(20-11-14-8-10-24-13-14)21-16-7-9-22(12-16)17(23)15-5-3-2-4-6-15;/h8,10,13,15-16H,2-7,9,11-12H2,1H3,(H2,19,20,21);1H. The Kier molecular flexibility index (Phi) is 8.05. The number of rotatable bonds is 4. The average molecular weight is 460 g/mol. The van der Waals surface area contributed by atoms with Crippen molar-refractivity contribution in [1.82, 2.24) is 15.5 Å². The molecule has 0 spiro atoms. The Labute approximate surface area is 166 Å². The SMILES string of the molecule is CN=C(NCc1ccoc1)NC1CCN(C(=O)C2CCCCC2)C1.I. The summed E-state index contributed by atoms with van der Waals surface area (Å²) in [6, 6.07) is 2.20. The van der Waals surface area contributed by atoms with E-state index < -0.39 is 0 Å². The molecule has 7 heteroatoms. The first-order valence-electron chi connectivity index (χ1n) is 9.03. The topological polar surface area (TPSA) is 69.9 Å². The summed E-state index contributed by atoms with van der Waals surface area (Å²) in [5.74, 6) is 1.39. The van der Waals surface area contributed by atoms with E-state index in [0.29, 0.717) is 12.5 Å². The molecule has 1 saturated heterocycles. The van der Waals surface area contributed by atoms with Gasteiger partial charge in [0.2, 0.25) is 5.91 Å². The van der Waals surface area contributed by atoms with Crippen LogP contribution in [0.1, 0.15) is 44.1 Å². The normalized spacial score (nSPS) is 21.7. The third kappa shape index (κ3) is 5.62. The molecule has 1 aromatic heterocycles. The van der Waals surface area contributed by atoms with E-state index in [0.717, 1.165) is 43.9 Å². The molecule has 1 unspecified atom stereocenters. The highest BCUT2D eigenvalue weighted by molar-refractivity contribution is 14.0. The third-order valence-electron chi connectivity index (χ3n) is 5.06. The van der Waals surface area contributed by atoms with Crippen molar-refractivity contribution in [2.24, 2.45) is 10.9 Å². The molecule has 0 aromatic carbocycles. The fraction of sp³-hybridized carbons (Fsp3) is 0.667. The highest BCUT2D eigenvalue weighted by Gasteiger charge is 2.31. The maximum absolute atomic E-state index is 12.6. The van der Waals surface area contributed by atoms with Crippen molar-refractivity contribution in [3.8, 4) is 0 Å². The number of carbonyl (C=O) groups excluding carboxylic acids is 1. The van der Waals surface area contributed by atoms with Crippen LogP contribution in [0.4, 0.5) is 0 Å². The van der Waals surface area contributed by atoms with Gasteiger partial charge in [0.15, 0.2) is 5.96 Å². The Morgan fingerprint density at radius 3 is 2.80 bits per heavy atom. The van der Waals surface area contributed by atoms with E-state index in [9.17, 15) is 4.79 Å². The van der Waals surface area contributed by atoms with Gasteiger partial charge in [-0.05, 0) is 25.3 Å². The number of guanidine groups is 1. The fourth-order valence-corrected chi connectivity index (χ4v) is 3.65. The number of carbonyl (C=O) groups is 1. The molecule has 1 aliphatic carbocycles. The maximum Gasteiger partial charge on any atom is 0.225 e. The minimum absolute atomic E-state index is 0. The first-order chi connectivity index (χ1) is 11.8. The van der Waals surface area contributed by atoms with E-state index in [-0.39, 0.29) is 35.9 Å². The van der Waals surface area contributed by atoms with Crippen LogP contribution in [-0.2, 0) is 11.3 Å². The van der Waals surface area contributed by atoms with E-state index in [1.165, 1.54) is 19.3 Å². The smallest absolute Gasteiger partial charge is 0.225 e. The molecule has 2 aliphatic rings. The van der Waals surface area contributed by atoms with Crippen molar-refractivity contribution in [3.05, 3.63) is 24.2 Å². The largest absolute Gasteiger partial charge is 0.472 e. The summed E-state index contributed by atoms with van der Waals surface area (Å²) in [4.78, 5) is 18.9. The first kappa shape index (κ1) is 20.1. The van der Waals surface area contributed by atoms with Crippen LogP contribution in [0.2, 0.25) is 0 Å². The van der Waals surface area contributed by atoms with Crippen LogP contribution >= 0.6 is 24.0 Å². The van der Waals surface area contributed by atoms with Crippen molar-refractivity contribution in [1.29, 1.82) is 0 Å². The van der Waals surface area contributed by atoms with Gasteiger partial charge in [0.25, 0.3) is 0 Å². The predicted molar refractivity (Wildman–Crippen MR) is 109 cm³/mol. The second-order valence-corrected chi connectivity index (χ2v) is 6.81. The summed E-state index contributed by atoms with van der Waals surface area (Å²) >= 11 is 0. The van der Waals surface area contributed by atoms with E-state index in [2.05, 4.69) is 15.6 Å². The van der Waals surface area contributed by atoms with Gasteiger partial charge in [-0.2, -0.15) is 0 Å². The van der Waals surface area contributed by atoms with Gasteiger partial charge >= 0.3 is 0 Å². The van der Waals surface area contributed by atoms with Gasteiger partial charge < -0.3 is 20.0 Å². The van der Waals surface area contributed by atoms with Crippen LogP contribution in [0.5, 0.6) is 0 Å². The lowest BCUT2D eigenvalue weighted by molar-refractivity contribution is -0.135. The number of amides is 1. The van der Waals surface area contributed by atoms with Gasteiger partial charge in [0.1, 0.15) is 0 Å². The van der Waals surface area contributed by atoms with Crippen molar-refractivity contribution >= 4 is 35.8 Å². The Morgan fingerprint density at radius 2 is 2.12 bits per heavy atom. The minimum Gasteiger partial charge on any atom is -0.472 e. The Balaban J connectivity index is 0.00000225. The van der Waals surface area contributed by atoms with Crippen LogP contribution < -0.4 is 10.6 Å². The Bertz CT molecular complexity index is 555. The lowest BCUT2D eigenvalue weighted by atomic mass is 9.88. The Morgan fingerprint density at radius 1 is 1.32 bits per heavy atom. The zero-order chi connectivity index (χ0) is 16.8. The second kappa shape index (κ2) is 10.0. The van der Waals surface area contributed by atoms with Crippen molar-refractivity contribution in [2.45, 2.75) is 51.1 Å². The molecule has 1 aliphatic heterocycles. The molecule has 6 nitrogen and oxygen atoms in total. The number of halogens is 1. The van der Waals surface area contributed by atoms with Crippen LogP contribution in [0.25, 0.3) is 0 Å². The first-order valence-corrected chi connectivity index (χ1v) is 9.03. The van der Waals surface area contributed by atoms with E-state index >= 15 is 0 Å². The van der Waals surface area contributed by atoms with Crippen LogP contribution in [0.15, 0.2) is 28.0 Å². The molecule has 3 rings (SSSR count). The Hall–Kier alpha value is -1.25. The number of nitrogens with zero attached hydrogens (tertiary/aromatic N) is 2. The molecule has 25 heavy (non-hydrogen) atoms. The van der Waals surface area contributed by atoms with E-state index in [1.54, 1.807) is 19.6 Å². The molecular formula is C18H29IN4O2. The monoisotopic (exact) mass is 460 g/mol. The number of nitrogens with one attached hydrogen (secondary N) is 2. The fourth-order valence-electron chi connectivity index (χ4n) is 3.65. The van der Waals surface area contributed by atoms with Crippen molar-refractivity contribution in [3.63, 3.8) is 0 Å². The predicted octanol–water partition coefficient (Wildman–Crippen LogP) is 2.74. The molecular weight excluding hydrogens is 431 g/mol. The van der Waals surface area contributed by atoms with Gasteiger partial charge in [0, 0.05) is 44.2 Å². The molecule has 2 fully saturated rings. The van der Waals surface area contributed by atoms with Crippen molar-refractivity contribution < 1.29 is 9.21 Å². The summed E-state index contributed by atoms with van der Waals surface area (Å²) in [5, 5.41) is 6.71. The molecule has 140 valence electrons. The lowest BCUT2D eigenvalue weighted by Gasteiger charge is -2.26. The number of hydrogen-bond donors (Lipinski definition) is 2. The quantitative estimate of drug-likeness (QED) is 0.412. The van der Waals surface area contributed by atoms with Gasteiger partial charge in [-0.25, -0.2) is 0 Å². The average Bonchev–Trinajstić information content (AvgIpc) is 3.30. The van der Waals surface area contributed by atoms with Crippen LogP contribution in [0.3, 0.4) is 0 Å². The highest BCUT2D eigenvalue weighted by atomic mass is 127. The number of furan rings is 1. The molecule has 0 radical (unpaired) electrons. The summed E-state index contributed by atoms with van der Waals surface area (Å²) in [6.45, 7) is 2.31. The molecule has 1 amide bonds. The minimum atomic E-state index is 0.